The molecule has 0 N–H and O–H groups in total. The second-order valence-electron chi connectivity index (χ2n) is 7.50. The van der Waals surface area contributed by atoms with Gasteiger partial charge in [-0.15, -0.1) is 0 Å². The Morgan fingerprint density at radius 2 is 0.885 bits per heavy atom. The van der Waals surface area contributed by atoms with Crippen molar-refractivity contribution in [1.82, 2.24) is 0 Å². The molecule has 141 valence electrons. The van der Waals surface area contributed by atoms with Crippen molar-refractivity contribution in [2.24, 2.45) is 0 Å². The van der Waals surface area contributed by atoms with Gasteiger partial charge in [0.1, 0.15) is 0 Å². The molecule has 0 aromatic heterocycles. The molecule has 0 fully saturated rings. The first-order chi connectivity index (χ1) is 12.9. The van der Waals surface area contributed by atoms with E-state index in [1.807, 2.05) is 0 Å². The van der Waals surface area contributed by atoms with Crippen LogP contribution in [0.4, 0.5) is 0 Å². The summed E-state index contributed by atoms with van der Waals surface area (Å²) in [5.41, 5.74) is 2.76. The average Bonchev–Trinajstić information content (AvgIpc) is 2.70. The van der Waals surface area contributed by atoms with Gasteiger partial charge in [0.15, 0.2) is 0 Å². The minimum Gasteiger partial charge on any atom is -0.0654 e. The molecular weight excluding hydrogens is 312 g/mol. The Balaban J connectivity index is 1.64. The first-order valence-electron chi connectivity index (χ1n) is 10.9. The summed E-state index contributed by atoms with van der Waals surface area (Å²) in [5.74, 6) is 1.50. The highest BCUT2D eigenvalue weighted by atomic mass is 14.2. The Labute approximate surface area is 162 Å². The third-order valence-electron chi connectivity index (χ3n) is 5.27. The Morgan fingerprint density at radius 3 is 1.31 bits per heavy atom. The van der Waals surface area contributed by atoms with Gasteiger partial charge in [-0.1, -0.05) is 138 Å². The highest BCUT2D eigenvalue weighted by Crippen LogP contribution is 2.29. The van der Waals surface area contributed by atoms with Crippen molar-refractivity contribution in [3.63, 3.8) is 0 Å². The first-order valence-corrected chi connectivity index (χ1v) is 10.9. The van der Waals surface area contributed by atoms with E-state index in [0.717, 1.165) is 0 Å². The van der Waals surface area contributed by atoms with Crippen molar-refractivity contribution in [3.8, 4) is 0 Å². The van der Waals surface area contributed by atoms with Gasteiger partial charge in [-0.2, -0.15) is 0 Å². The van der Waals surface area contributed by atoms with Crippen molar-refractivity contribution in [3.05, 3.63) is 77.7 Å². The summed E-state index contributed by atoms with van der Waals surface area (Å²) in [4.78, 5) is 0. The summed E-state index contributed by atoms with van der Waals surface area (Å²) in [5, 5.41) is 0. The van der Waals surface area contributed by atoms with Crippen LogP contribution < -0.4 is 0 Å². The Bertz CT molecular complexity index is 503. The molecule has 0 aliphatic rings. The summed E-state index contributed by atoms with van der Waals surface area (Å²) in [6.45, 7) is 2.29. The standard InChI is InChI=1S/C26H37/c1-2-3-4-5-6-7-8-9-10-11-18-23-26(24-19-14-12-15-20-24)25-21-16-13-17-22-25/h12-17,19-22H,2-11,18,23H2,1H3. The van der Waals surface area contributed by atoms with E-state index in [-0.39, 0.29) is 0 Å². The predicted octanol–water partition coefficient (Wildman–Crippen LogP) is 8.36. The molecule has 26 heavy (non-hydrogen) atoms. The van der Waals surface area contributed by atoms with Crippen molar-refractivity contribution in [2.45, 2.75) is 84.0 Å². The van der Waals surface area contributed by atoms with Crippen LogP contribution in [0.1, 0.15) is 95.1 Å². The van der Waals surface area contributed by atoms with E-state index >= 15 is 0 Å². The van der Waals surface area contributed by atoms with Crippen LogP contribution in [0.3, 0.4) is 0 Å². The maximum absolute atomic E-state index is 2.29. The normalized spacial score (nSPS) is 11.2. The lowest BCUT2D eigenvalue weighted by Crippen LogP contribution is -2.02. The Hall–Kier alpha value is -1.56. The molecule has 2 aromatic rings. The Morgan fingerprint density at radius 1 is 0.500 bits per heavy atom. The molecular formula is C26H37. The van der Waals surface area contributed by atoms with Crippen LogP contribution in [0.5, 0.6) is 0 Å². The van der Waals surface area contributed by atoms with Gasteiger partial charge in [0.05, 0.1) is 0 Å². The molecule has 2 aromatic carbocycles. The molecule has 0 bridgehead atoms. The first kappa shape index (κ1) is 20.7. The van der Waals surface area contributed by atoms with Gasteiger partial charge < -0.3 is 0 Å². The fourth-order valence-electron chi connectivity index (χ4n) is 3.70. The maximum Gasteiger partial charge on any atom is 0.0340 e. The van der Waals surface area contributed by atoms with Crippen molar-refractivity contribution < 1.29 is 0 Å². The minimum absolute atomic E-state index is 1.19. The summed E-state index contributed by atoms with van der Waals surface area (Å²) < 4.78 is 0. The molecule has 0 atom stereocenters. The number of hydrogen-bond donors (Lipinski definition) is 0. The van der Waals surface area contributed by atoms with Crippen molar-refractivity contribution >= 4 is 0 Å². The third kappa shape index (κ3) is 8.21. The fraction of sp³-hybridized carbons (Fsp3) is 0.500. The Kier molecular flexibility index (Phi) is 10.9. The second kappa shape index (κ2) is 13.6. The molecule has 2 rings (SSSR count). The number of benzene rings is 2. The van der Waals surface area contributed by atoms with Crippen LogP contribution in [-0.4, -0.2) is 0 Å². The quantitative estimate of drug-likeness (QED) is 0.300. The zero-order valence-corrected chi connectivity index (χ0v) is 16.8. The van der Waals surface area contributed by atoms with E-state index in [0.29, 0.717) is 0 Å². The number of unbranched alkanes of at least 4 members (excludes halogenated alkanes) is 10. The van der Waals surface area contributed by atoms with Crippen molar-refractivity contribution in [1.29, 1.82) is 0 Å². The third-order valence-corrected chi connectivity index (χ3v) is 5.27. The van der Waals surface area contributed by atoms with Crippen LogP contribution in [0, 0.1) is 5.92 Å². The molecule has 0 amide bonds. The zero-order valence-electron chi connectivity index (χ0n) is 16.8. The molecule has 1 radical (unpaired) electrons. The van der Waals surface area contributed by atoms with Crippen LogP contribution in [-0.2, 0) is 0 Å². The SMILES string of the molecule is CCCCCCCCCCCCC[C](c1ccccc1)c1ccccc1. The lowest BCUT2D eigenvalue weighted by Gasteiger charge is -2.17. The summed E-state index contributed by atoms with van der Waals surface area (Å²) in [6.07, 6.45) is 16.6. The van der Waals surface area contributed by atoms with E-state index < -0.39 is 0 Å². The van der Waals surface area contributed by atoms with Crippen molar-refractivity contribution in [2.75, 3.05) is 0 Å². The van der Waals surface area contributed by atoms with Gasteiger partial charge in [-0.25, -0.2) is 0 Å². The predicted molar refractivity (Wildman–Crippen MR) is 115 cm³/mol. The van der Waals surface area contributed by atoms with E-state index in [2.05, 4.69) is 67.6 Å². The largest absolute Gasteiger partial charge is 0.0654 e. The molecule has 0 unspecified atom stereocenters. The monoisotopic (exact) mass is 349 g/mol. The van der Waals surface area contributed by atoms with Crippen LogP contribution >= 0.6 is 0 Å². The van der Waals surface area contributed by atoms with E-state index in [1.54, 1.807) is 0 Å². The topological polar surface area (TPSA) is 0 Å². The minimum atomic E-state index is 1.19. The zero-order chi connectivity index (χ0) is 18.3. The van der Waals surface area contributed by atoms with E-state index in [4.69, 9.17) is 0 Å². The smallest absolute Gasteiger partial charge is 0.0340 e. The highest BCUT2D eigenvalue weighted by Gasteiger charge is 2.13. The van der Waals surface area contributed by atoms with Gasteiger partial charge in [-0.05, 0) is 17.5 Å². The van der Waals surface area contributed by atoms with Gasteiger partial charge in [0, 0.05) is 5.92 Å². The molecule has 0 aliphatic heterocycles. The van der Waals surface area contributed by atoms with Crippen LogP contribution in [0.2, 0.25) is 0 Å². The van der Waals surface area contributed by atoms with Gasteiger partial charge in [0.2, 0.25) is 0 Å². The number of hydrogen-bond acceptors (Lipinski definition) is 0. The van der Waals surface area contributed by atoms with Gasteiger partial charge in [0.25, 0.3) is 0 Å². The second-order valence-corrected chi connectivity index (χ2v) is 7.50. The summed E-state index contributed by atoms with van der Waals surface area (Å²) in [6, 6.07) is 21.8. The molecule has 0 nitrogen and oxygen atoms in total. The molecule has 0 heteroatoms. The molecule has 0 heterocycles. The van der Waals surface area contributed by atoms with Crippen LogP contribution in [0.15, 0.2) is 60.7 Å². The highest BCUT2D eigenvalue weighted by molar-refractivity contribution is 5.45. The fourth-order valence-corrected chi connectivity index (χ4v) is 3.70. The van der Waals surface area contributed by atoms with Gasteiger partial charge >= 0.3 is 0 Å². The molecule has 0 spiro atoms. The van der Waals surface area contributed by atoms with Gasteiger partial charge in [-0.3, -0.25) is 0 Å². The van der Waals surface area contributed by atoms with E-state index in [1.165, 1.54) is 94.1 Å². The lowest BCUT2D eigenvalue weighted by molar-refractivity contribution is 0.547. The lowest BCUT2D eigenvalue weighted by atomic mass is 9.87. The molecule has 0 aliphatic carbocycles. The average molecular weight is 350 g/mol. The van der Waals surface area contributed by atoms with Crippen LogP contribution in [0.25, 0.3) is 0 Å². The summed E-state index contributed by atoms with van der Waals surface area (Å²) >= 11 is 0. The molecule has 0 saturated heterocycles. The maximum atomic E-state index is 2.29. The number of rotatable bonds is 14. The van der Waals surface area contributed by atoms with E-state index in [9.17, 15) is 0 Å². The molecule has 0 saturated carbocycles. The summed E-state index contributed by atoms with van der Waals surface area (Å²) in [7, 11) is 0.